The van der Waals surface area contributed by atoms with Crippen LogP contribution < -0.4 is 11.1 Å². The molecule has 2 heterocycles. The number of rotatable bonds is 5. The lowest BCUT2D eigenvalue weighted by molar-refractivity contribution is 0.316. The van der Waals surface area contributed by atoms with Crippen molar-refractivity contribution in [3.05, 3.63) is 5.56 Å². The lowest BCUT2D eigenvalue weighted by atomic mass is 10.1. The number of hydrogen-bond acceptors (Lipinski definition) is 5. The molecule has 0 amide bonds. The van der Waals surface area contributed by atoms with Gasteiger partial charge in [-0.1, -0.05) is 0 Å². The van der Waals surface area contributed by atoms with Gasteiger partial charge in [-0.15, -0.1) is 0 Å². The zero-order valence-electron chi connectivity index (χ0n) is 11.3. The van der Waals surface area contributed by atoms with Crippen molar-refractivity contribution in [1.82, 2.24) is 9.27 Å². The summed E-state index contributed by atoms with van der Waals surface area (Å²) in [4.78, 5) is 2.68. The van der Waals surface area contributed by atoms with E-state index in [1.54, 1.807) is 11.5 Å². The Morgan fingerprint density at radius 1 is 1.26 bits per heavy atom. The van der Waals surface area contributed by atoms with Crippen LogP contribution in [-0.2, 0) is 0 Å². The molecule has 2 saturated carbocycles. The van der Waals surface area contributed by atoms with E-state index in [4.69, 9.17) is 5.73 Å². The average Bonchev–Trinajstić information content (AvgIpc) is 3.33. The van der Waals surface area contributed by atoms with Crippen LogP contribution in [0.3, 0.4) is 0 Å². The number of nitrogens with zero attached hydrogens (tertiary/aromatic N) is 2. The van der Waals surface area contributed by atoms with E-state index in [9.17, 15) is 0 Å². The van der Waals surface area contributed by atoms with Gasteiger partial charge in [0.15, 0.2) is 0 Å². The molecule has 1 unspecified atom stereocenters. The van der Waals surface area contributed by atoms with E-state index >= 15 is 0 Å². The Kier molecular flexibility index (Phi) is 2.92. The first-order chi connectivity index (χ1) is 9.31. The first kappa shape index (κ1) is 12.0. The highest BCUT2D eigenvalue weighted by molar-refractivity contribution is 7.10. The molecule has 1 aromatic rings. The van der Waals surface area contributed by atoms with Crippen LogP contribution in [0.5, 0.6) is 0 Å². The van der Waals surface area contributed by atoms with Gasteiger partial charge in [0.1, 0.15) is 10.8 Å². The number of nitrogens with two attached hydrogens (primary N) is 1. The number of aromatic nitrogens is 1. The molecular formula is C14H22N4S. The lowest BCUT2D eigenvalue weighted by Crippen LogP contribution is -2.24. The average molecular weight is 278 g/mol. The van der Waals surface area contributed by atoms with Crippen molar-refractivity contribution in [3.8, 4) is 0 Å². The van der Waals surface area contributed by atoms with Crippen molar-refractivity contribution in [3.63, 3.8) is 0 Å². The van der Waals surface area contributed by atoms with Gasteiger partial charge in [-0.05, 0) is 62.0 Å². The summed E-state index contributed by atoms with van der Waals surface area (Å²) in [5.74, 6) is 2.25. The molecular weight excluding hydrogens is 256 g/mol. The third-order valence-electron chi connectivity index (χ3n) is 4.67. The minimum absolute atomic E-state index is 0.688. The summed E-state index contributed by atoms with van der Waals surface area (Å²) < 4.78 is 4.32. The van der Waals surface area contributed by atoms with Gasteiger partial charge in [-0.25, -0.2) is 0 Å². The summed E-state index contributed by atoms with van der Waals surface area (Å²) in [6, 6.07) is 0.922. The fraction of sp³-hybridized carbons (Fsp3) is 0.786. The Labute approximate surface area is 118 Å². The number of anilines is 2. The fourth-order valence-electron chi connectivity index (χ4n) is 3.24. The van der Waals surface area contributed by atoms with E-state index in [0.29, 0.717) is 5.92 Å². The summed E-state index contributed by atoms with van der Waals surface area (Å²) in [6.07, 6.45) is 6.78. The molecule has 104 valence electrons. The molecule has 2 aliphatic carbocycles. The second kappa shape index (κ2) is 4.63. The lowest BCUT2D eigenvalue weighted by Gasteiger charge is -2.15. The molecule has 3 aliphatic rings. The van der Waals surface area contributed by atoms with Crippen molar-refractivity contribution < 1.29 is 0 Å². The molecule has 0 bridgehead atoms. The predicted molar refractivity (Wildman–Crippen MR) is 79.7 cm³/mol. The van der Waals surface area contributed by atoms with E-state index in [-0.39, 0.29) is 0 Å². The third kappa shape index (κ3) is 2.46. The standard InChI is InChI=1S/C14H22N4S/c15-13-12(10-1-2-10)14(19-17-13)16-7-9-5-6-18(8-9)11-3-4-11/h9-11,16H,1-8H2,(H2,15,17). The highest BCUT2D eigenvalue weighted by Gasteiger charge is 2.35. The maximum Gasteiger partial charge on any atom is 0.142 e. The molecule has 3 fully saturated rings. The predicted octanol–water partition coefficient (Wildman–Crippen LogP) is 2.50. The van der Waals surface area contributed by atoms with Gasteiger partial charge in [0.05, 0.1) is 0 Å². The quantitative estimate of drug-likeness (QED) is 0.869. The summed E-state index contributed by atoms with van der Waals surface area (Å²) >= 11 is 1.55. The van der Waals surface area contributed by atoms with Gasteiger partial charge in [-0.3, -0.25) is 0 Å². The second-order valence-corrected chi connectivity index (χ2v) is 7.12. The summed E-state index contributed by atoms with van der Waals surface area (Å²) in [7, 11) is 0. The first-order valence-corrected chi connectivity index (χ1v) is 8.31. The number of hydrogen-bond donors (Lipinski definition) is 2. The van der Waals surface area contributed by atoms with Crippen LogP contribution in [0.2, 0.25) is 0 Å². The van der Waals surface area contributed by atoms with Crippen molar-refractivity contribution in [2.24, 2.45) is 5.92 Å². The number of nitrogens with one attached hydrogen (secondary N) is 1. The summed E-state index contributed by atoms with van der Waals surface area (Å²) in [6.45, 7) is 3.67. The van der Waals surface area contributed by atoms with Crippen LogP contribution in [0, 0.1) is 5.92 Å². The maximum atomic E-state index is 5.99. The molecule has 0 aromatic carbocycles. The summed E-state index contributed by atoms with van der Waals surface area (Å²) in [5, 5.41) is 4.87. The normalized spacial score (nSPS) is 27.9. The van der Waals surface area contributed by atoms with Crippen molar-refractivity contribution in [1.29, 1.82) is 0 Å². The smallest absolute Gasteiger partial charge is 0.142 e. The largest absolute Gasteiger partial charge is 0.383 e. The van der Waals surface area contributed by atoms with Crippen LogP contribution in [0.1, 0.15) is 43.6 Å². The van der Waals surface area contributed by atoms with Crippen LogP contribution in [-0.4, -0.2) is 34.9 Å². The van der Waals surface area contributed by atoms with Gasteiger partial charge in [0, 0.05) is 24.7 Å². The van der Waals surface area contributed by atoms with Crippen LogP contribution in [0.15, 0.2) is 0 Å². The molecule has 4 nitrogen and oxygen atoms in total. The van der Waals surface area contributed by atoms with E-state index in [1.807, 2.05) is 0 Å². The molecule has 0 radical (unpaired) electrons. The molecule has 0 spiro atoms. The van der Waals surface area contributed by atoms with E-state index in [2.05, 4.69) is 14.6 Å². The monoisotopic (exact) mass is 278 g/mol. The topological polar surface area (TPSA) is 54.2 Å². The van der Waals surface area contributed by atoms with Gasteiger partial charge < -0.3 is 16.0 Å². The molecule has 1 atom stereocenters. The second-order valence-electron chi connectivity index (χ2n) is 6.35. The van der Waals surface area contributed by atoms with Gasteiger partial charge in [0.25, 0.3) is 0 Å². The molecule has 1 aliphatic heterocycles. The van der Waals surface area contributed by atoms with E-state index < -0.39 is 0 Å². The molecule has 1 aromatic heterocycles. The summed E-state index contributed by atoms with van der Waals surface area (Å²) in [5.41, 5.74) is 7.29. The van der Waals surface area contributed by atoms with E-state index in [0.717, 1.165) is 24.3 Å². The van der Waals surface area contributed by atoms with Gasteiger partial charge >= 0.3 is 0 Å². The highest BCUT2D eigenvalue weighted by Crippen LogP contribution is 2.47. The zero-order valence-corrected chi connectivity index (χ0v) is 12.1. The molecule has 5 heteroatoms. The first-order valence-electron chi connectivity index (χ1n) is 7.54. The number of likely N-dealkylation sites (tertiary alicyclic amines) is 1. The Bertz CT molecular complexity index is 464. The minimum Gasteiger partial charge on any atom is -0.383 e. The number of nitrogen functional groups attached to an aromatic ring is 1. The Morgan fingerprint density at radius 2 is 2.11 bits per heavy atom. The SMILES string of the molecule is Nc1nsc(NCC2CCN(C3CC3)C2)c1C1CC1. The zero-order chi connectivity index (χ0) is 12.8. The molecule has 4 rings (SSSR count). The van der Waals surface area contributed by atoms with E-state index in [1.165, 1.54) is 55.8 Å². The van der Waals surface area contributed by atoms with Crippen molar-refractivity contribution in [2.75, 3.05) is 30.7 Å². The molecule has 19 heavy (non-hydrogen) atoms. The van der Waals surface area contributed by atoms with Crippen LogP contribution in [0.25, 0.3) is 0 Å². The minimum atomic E-state index is 0.688. The van der Waals surface area contributed by atoms with Crippen molar-refractivity contribution >= 4 is 22.4 Å². The molecule has 3 N–H and O–H groups in total. The fourth-order valence-corrected chi connectivity index (χ4v) is 4.05. The van der Waals surface area contributed by atoms with Gasteiger partial charge in [-0.2, -0.15) is 4.37 Å². The molecule has 1 saturated heterocycles. The Morgan fingerprint density at radius 3 is 2.84 bits per heavy atom. The Hall–Kier alpha value is -0.810. The van der Waals surface area contributed by atoms with Gasteiger partial charge in [0.2, 0.25) is 0 Å². The highest BCUT2D eigenvalue weighted by atomic mass is 32.1. The van der Waals surface area contributed by atoms with Crippen molar-refractivity contribution in [2.45, 2.75) is 44.1 Å². The maximum absolute atomic E-state index is 5.99. The van der Waals surface area contributed by atoms with Crippen LogP contribution in [0.4, 0.5) is 10.8 Å². The van der Waals surface area contributed by atoms with Crippen LogP contribution >= 0.6 is 11.5 Å². The Balaban J connectivity index is 1.34. The third-order valence-corrected chi connectivity index (χ3v) is 5.51.